The molecule has 2 nitrogen and oxygen atoms in total. The Morgan fingerprint density at radius 1 is 0.955 bits per heavy atom. The van der Waals surface area contributed by atoms with Gasteiger partial charge in [0.15, 0.2) is 0 Å². The highest BCUT2D eigenvalue weighted by atomic mass is 35.5. The van der Waals surface area contributed by atoms with Crippen molar-refractivity contribution in [1.82, 2.24) is 4.57 Å². The van der Waals surface area contributed by atoms with Crippen LogP contribution in [-0.4, -0.2) is 11.1 Å². The number of halogens is 2. The van der Waals surface area contributed by atoms with Crippen molar-refractivity contribution >= 4 is 34.1 Å². The van der Waals surface area contributed by atoms with Crippen LogP contribution < -0.4 is 5.32 Å². The first kappa shape index (κ1) is 15.4. The van der Waals surface area contributed by atoms with E-state index in [1.807, 2.05) is 18.2 Å². The predicted molar refractivity (Wildman–Crippen MR) is 93.5 cm³/mol. The minimum atomic E-state index is 0.616. The smallest absolute Gasteiger partial charge is 0.101 e. The third kappa shape index (κ3) is 3.64. The number of aromatic nitrogens is 1. The molecule has 4 heteroatoms. The summed E-state index contributed by atoms with van der Waals surface area (Å²) < 4.78 is 2.32. The van der Waals surface area contributed by atoms with Crippen molar-refractivity contribution in [2.75, 3.05) is 6.54 Å². The molecule has 0 saturated carbocycles. The van der Waals surface area contributed by atoms with Crippen LogP contribution in [0, 0.1) is 0 Å². The summed E-state index contributed by atoms with van der Waals surface area (Å²) in [7, 11) is 0. The molecular weight excluding hydrogens is 315 g/mol. The molecule has 2 aromatic carbocycles. The number of nitrogens with two attached hydrogens (primary N) is 1. The summed E-state index contributed by atoms with van der Waals surface area (Å²) in [5, 5.41) is 4.86. The van der Waals surface area contributed by atoms with E-state index in [1.165, 1.54) is 16.5 Å². The second-order valence-corrected chi connectivity index (χ2v) is 6.27. The van der Waals surface area contributed by atoms with Gasteiger partial charge in [0, 0.05) is 30.2 Å². The molecule has 22 heavy (non-hydrogen) atoms. The summed E-state index contributed by atoms with van der Waals surface area (Å²) in [6.07, 6.45) is 3.31. The van der Waals surface area contributed by atoms with Gasteiger partial charge in [-0.15, -0.1) is 0 Å². The van der Waals surface area contributed by atoms with E-state index < -0.39 is 0 Å². The molecule has 0 fully saturated rings. The van der Waals surface area contributed by atoms with Crippen molar-refractivity contribution in [3.63, 3.8) is 0 Å². The minimum Gasteiger partial charge on any atom is -0.347 e. The number of quaternary nitrogens is 1. The summed E-state index contributed by atoms with van der Waals surface area (Å²) in [5.41, 5.74) is 2.52. The standard InChI is InChI=1S/C18H18Cl2N2/c19-16-7-6-14(12-17(16)20)13-21-9-3-10-22-11-8-15-4-1-2-5-18(15)22/h1-2,4-8,11-12,21H,3,9-10,13H2/p+1. The molecule has 0 unspecified atom stereocenters. The lowest BCUT2D eigenvalue weighted by molar-refractivity contribution is -0.671. The van der Waals surface area contributed by atoms with E-state index in [0.29, 0.717) is 10.0 Å². The Balaban J connectivity index is 1.46. The molecule has 114 valence electrons. The van der Waals surface area contributed by atoms with Crippen LogP contribution in [0.3, 0.4) is 0 Å². The molecule has 0 spiro atoms. The van der Waals surface area contributed by atoms with Crippen LogP contribution in [0.4, 0.5) is 0 Å². The van der Waals surface area contributed by atoms with Crippen molar-refractivity contribution in [1.29, 1.82) is 0 Å². The summed E-state index contributed by atoms with van der Waals surface area (Å²) in [6, 6.07) is 16.5. The molecule has 0 aliphatic carbocycles. The fraction of sp³-hybridized carbons (Fsp3) is 0.222. The lowest BCUT2D eigenvalue weighted by Crippen LogP contribution is -2.82. The maximum absolute atomic E-state index is 6.03. The number of hydrogen-bond donors (Lipinski definition) is 1. The molecule has 0 aliphatic heterocycles. The predicted octanol–water partition coefficient (Wildman–Crippen LogP) is 4.10. The summed E-state index contributed by atoms with van der Waals surface area (Å²) in [5.74, 6) is 0. The second kappa shape index (κ2) is 7.19. The largest absolute Gasteiger partial charge is 0.347 e. The van der Waals surface area contributed by atoms with Gasteiger partial charge in [0.1, 0.15) is 6.54 Å². The van der Waals surface area contributed by atoms with Crippen LogP contribution in [0.25, 0.3) is 10.9 Å². The highest BCUT2D eigenvalue weighted by Gasteiger charge is 2.02. The normalized spacial score (nSPS) is 11.2. The first-order chi connectivity index (χ1) is 10.7. The average Bonchev–Trinajstić information content (AvgIpc) is 2.94. The second-order valence-electron chi connectivity index (χ2n) is 5.45. The Labute approximate surface area is 140 Å². The van der Waals surface area contributed by atoms with Gasteiger partial charge in [0.2, 0.25) is 0 Å². The molecule has 1 aromatic heterocycles. The lowest BCUT2D eigenvalue weighted by Gasteiger charge is -2.06. The Kier molecular flexibility index (Phi) is 5.04. The van der Waals surface area contributed by atoms with Gasteiger partial charge in [0.25, 0.3) is 0 Å². The SMILES string of the molecule is Clc1ccc(C[NH2+]CCCn2ccc3ccccc32)cc1Cl. The summed E-state index contributed by atoms with van der Waals surface area (Å²) in [4.78, 5) is 0. The van der Waals surface area contributed by atoms with Crippen molar-refractivity contribution in [2.45, 2.75) is 19.5 Å². The van der Waals surface area contributed by atoms with Crippen LogP contribution in [0.2, 0.25) is 10.0 Å². The Hall–Kier alpha value is -1.48. The molecule has 2 N–H and O–H groups in total. The maximum atomic E-state index is 6.03. The molecule has 0 amide bonds. The van der Waals surface area contributed by atoms with E-state index in [1.54, 1.807) is 0 Å². The molecule has 1 heterocycles. The topological polar surface area (TPSA) is 21.5 Å². The van der Waals surface area contributed by atoms with E-state index in [4.69, 9.17) is 23.2 Å². The Morgan fingerprint density at radius 2 is 1.82 bits per heavy atom. The number of para-hydroxylation sites is 1. The fourth-order valence-electron chi connectivity index (χ4n) is 2.68. The molecule has 0 aliphatic rings. The van der Waals surface area contributed by atoms with Gasteiger partial charge in [-0.05, 0) is 29.7 Å². The minimum absolute atomic E-state index is 0.616. The third-order valence-electron chi connectivity index (χ3n) is 3.85. The zero-order valence-electron chi connectivity index (χ0n) is 12.3. The van der Waals surface area contributed by atoms with Crippen LogP contribution >= 0.6 is 23.2 Å². The molecule has 0 atom stereocenters. The third-order valence-corrected chi connectivity index (χ3v) is 4.59. The van der Waals surface area contributed by atoms with Crippen LogP contribution in [0.5, 0.6) is 0 Å². The zero-order valence-corrected chi connectivity index (χ0v) is 13.8. The van der Waals surface area contributed by atoms with E-state index >= 15 is 0 Å². The first-order valence-corrected chi connectivity index (χ1v) is 8.29. The van der Waals surface area contributed by atoms with E-state index in [0.717, 1.165) is 26.1 Å². The zero-order chi connectivity index (χ0) is 15.4. The van der Waals surface area contributed by atoms with Crippen molar-refractivity contribution in [3.05, 3.63) is 70.3 Å². The van der Waals surface area contributed by atoms with Gasteiger partial charge in [0.05, 0.1) is 16.6 Å². The highest BCUT2D eigenvalue weighted by molar-refractivity contribution is 6.42. The molecular formula is C18H19Cl2N2+. The Bertz CT molecular complexity index is 765. The average molecular weight is 334 g/mol. The fourth-order valence-corrected chi connectivity index (χ4v) is 3.00. The summed E-state index contributed by atoms with van der Waals surface area (Å²) >= 11 is 12.0. The van der Waals surface area contributed by atoms with E-state index in [9.17, 15) is 0 Å². The number of benzene rings is 2. The van der Waals surface area contributed by atoms with Crippen LogP contribution in [-0.2, 0) is 13.1 Å². The molecule has 3 rings (SSSR count). The number of fused-ring (bicyclic) bond motifs is 1. The van der Waals surface area contributed by atoms with Gasteiger partial charge < -0.3 is 9.88 Å². The molecule has 3 aromatic rings. The highest BCUT2D eigenvalue weighted by Crippen LogP contribution is 2.22. The van der Waals surface area contributed by atoms with E-state index in [2.05, 4.69) is 46.4 Å². The van der Waals surface area contributed by atoms with Gasteiger partial charge in [-0.25, -0.2) is 0 Å². The van der Waals surface area contributed by atoms with Gasteiger partial charge >= 0.3 is 0 Å². The number of hydrogen-bond acceptors (Lipinski definition) is 0. The van der Waals surface area contributed by atoms with Crippen molar-refractivity contribution < 1.29 is 5.32 Å². The van der Waals surface area contributed by atoms with E-state index in [-0.39, 0.29) is 0 Å². The molecule has 0 bridgehead atoms. The number of nitrogens with zero attached hydrogens (tertiary/aromatic N) is 1. The number of rotatable bonds is 6. The quantitative estimate of drug-likeness (QED) is 0.656. The Morgan fingerprint density at radius 3 is 2.68 bits per heavy atom. The van der Waals surface area contributed by atoms with Crippen molar-refractivity contribution in [3.8, 4) is 0 Å². The van der Waals surface area contributed by atoms with Gasteiger partial charge in [-0.2, -0.15) is 0 Å². The molecule has 0 radical (unpaired) electrons. The maximum Gasteiger partial charge on any atom is 0.101 e. The van der Waals surface area contributed by atoms with Gasteiger partial charge in [-0.3, -0.25) is 0 Å². The first-order valence-electron chi connectivity index (χ1n) is 7.53. The van der Waals surface area contributed by atoms with Crippen LogP contribution in [0.1, 0.15) is 12.0 Å². The monoisotopic (exact) mass is 333 g/mol. The number of aryl methyl sites for hydroxylation is 1. The van der Waals surface area contributed by atoms with Gasteiger partial charge in [-0.1, -0.05) is 47.5 Å². The van der Waals surface area contributed by atoms with Crippen molar-refractivity contribution in [2.24, 2.45) is 0 Å². The summed E-state index contributed by atoms with van der Waals surface area (Å²) in [6.45, 7) is 3.07. The molecule has 0 saturated heterocycles. The lowest BCUT2D eigenvalue weighted by atomic mass is 10.2. The van der Waals surface area contributed by atoms with Crippen LogP contribution in [0.15, 0.2) is 54.7 Å².